The third-order valence-electron chi connectivity index (χ3n) is 4.93. The van der Waals surface area contributed by atoms with Crippen molar-refractivity contribution in [2.75, 3.05) is 24.8 Å². The smallest absolute Gasteiger partial charge is 0.414 e. The lowest BCUT2D eigenvalue weighted by Gasteiger charge is -2.22. The molecule has 0 aliphatic carbocycles. The van der Waals surface area contributed by atoms with Crippen molar-refractivity contribution in [1.82, 2.24) is 4.98 Å². The number of amides is 1. The Labute approximate surface area is 190 Å². The molecule has 0 radical (unpaired) electrons. The minimum Gasteiger partial charge on any atom is -0.490 e. The lowest BCUT2D eigenvalue weighted by molar-refractivity contribution is -0.215. The van der Waals surface area contributed by atoms with Gasteiger partial charge in [0, 0.05) is 29.3 Å². The zero-order valence-electron chi connectivity index (χ0n) is 18.1. The van der Waals surface area contributed by atoms with E-state index >= 15 is 0 Å². The Bertz CT molecular complexity index is 990. The van der Waals surface area contributed by atoms with Crippen molar-refractivity contribution < 1.29 is 36.2 Å². The van der Waals surface area contributed by atoms with Gasteiger partial charge in [0.25, 0.3) is 0 Å². The zero-order valence-corrected chi connectivity index (χ0v) is 18.9. The number of carbonyl (C=O) groups is 1. The Kier molecular flexibility index (Phi) is 9.29. The van der Waals surface area contributed by atoms with Crippen LogP contribution in [0.15, 0.2) is 35.5 Å². The fraction of sp³-hybridized carbons (Fsp3) is 0.429. The van der Waals surface area contributed by atoms with Crippen LogP contribution in [0.5, 0.6) is 5.75 Å². The molecule has 33 heavy (non-hydrogen) atoms. The van der Waals surface area contributed by atoms with Crippen LogP contribution in [0.3, 0.4) is 0 Å². The molecule has 0 saturated carbocycles. The number of hydrogen-bond acceptors (Lipinski definition) is 5. The van der Waals surface area contributed by atoms with E-state index in [1.807, 2.05) is 0 Å². The molecule has 2 aromatic rings. The molecule has 1 aromatic heterocycles. The summed E-state index contributed by atoms with van der Waals surface area (Å²) in [5.74, 6) is -4.22. The first-order chi connectivity index (χ1) is 15.5. The Morgan fingerprint density at radius 3 is 2.58 bits per heavy atom. The second-order valence-corrected chi connectivity index (χ2v) is 8.57. The van der Waals surface area contributed by atoms with Gasteiger partial charge >= 0.3 is 6.18 Å². The molecule has 0 bridgehead atoms. The maximum atomic E-state index is 13.8. The first kappa shape index (κ1) is 26.7. The summed E-state index contributed by atoms with van der Waals surface area (Å²) in [7, 11) is -0.610. The molecule has 182 valence electrons. The number of rotatable bonds is 6. The predicted molar refractivity (Wildman–Crippen MR) is 113 cm³/mol. The molecule has 1 aromatic carbocycles. The van der Waals surface area contributed by atoms with Crippen LogP contribution in [-0.4, -0.2) is 43.1 Å². The van der Waals surface area contributed by atoms with Crippen LogP contribution in [0, 0.1) is 22.3 Å². The maximum absolute atomic E-state index is 13.8. The number of alkyl halides is 3. The zero-order chi connectivity index (χ0) is 24.8. The molecular formula is C21H24F5N3O3S. The van der Waals surface area contributed by atoms with Gasteiger partial charge in [-0.05, 0) is 31.4 Å². The number of benzene rings is 1. The number of halogens is 5. The van der Waals surface area contributed by atoms with Crippen LogP contribution in [0.4, 0.5) is 27.6 Å². The number of hydrogen-bond donors (Lipinski definition) is 2. The van der Waals surface area contributed by atoms with Crippen molar-refractivity contribution in [1.29, 1.82) is 4.78 Å². The topological polar surface area (TPSA) is 84.3 Å². The fourth-order valence-electron chi connectivity index (χ4n) is 3.35. The Hall–Kier alpha value is -2.60. The molecule has 2 N–H and O–H groups in total. The molecule has 12 heteroatoms. The second kappa shape index (κ2) is 11.5. The molecule has 1 aliphatic heterocycles. The van der Waals surface area contributed by atoms with Gasteiger partial charge in [-0.15, -0.1) is 0 Å². The highest BCUT2D eigenvalue weighted by Gasteiger charge is 2.51. The molecule has 4 atom stereocenters. The average molecular weight is 493 g/mol. The first-order valence-electron chi connectivity index (χ1n) is 9.83. The Morgan fingerprint density at radius 2 is 2.03 bits per heavy atom. The minimum absolute atomic E-state index is 0.0814. The average Bonchev–Trinajstić information content (AvgIpc) is 3.14. The highest BCUT2D eigenvalue weighted by Crippen LogP contribution is 2.45. The molecule has 2 heterocycles. The molecule has 3 rings (SSSR count). The molecule has 4 unspecified atom stereocenters. The van der Waals surface area contributed by atoms with Crippen LogP contribution < -0.4 is 10.1 Å². The van der Waals surface area contributed by atoms with Gasteiger partial charge in [0.05, 0.1) is 13.2 Å². The largest absolute Gasteiger partial charge is 0.490 e. The van der Waals surface area contributed by atoms with E-state index in [9.17, 15) is 26.7 Å². The van der Waals surface area contributed by atoms with E-state index < -0.39 is 46.4 Å². The lowest BCUT2D eigenvalue weighted by Crippen LogP contribution is -2.33. The van der Waals surface area contributed by atoms with Crippen LogP contribution in [0.1, 0.15) is 25.3 Å². The third-order valence-corrected chi connectivity index (χ3v) is 5.78. The van der Waals surface area contributed by atoms with E-state index in [0.717, 1.165) is 6.07 Å². The van der Waals surface area contributed by atoms with Crippen LogP contribution in [0.2, 0.25) is 0 Å². The van der Waals surface area contributed by atoms with Gasteiger partial charge in [0.1, 0.15) is 5.03 Å². The second-order valence-electron chi connectivity index (χ2n) is 7.13. The molecule has 1 amide bonds. The predicted octanol–water partition coefficient (Wildman–Crippen LogP) is 5.06. The minimum atomic E-state index is -4.49. The molecule has 1 saturated heterocycles. The van der Waals surface area contributed by atoms with Gasteiger partial charge in [0.15, 0.2) is 17.7 Å². The number of pyridine rings is 1. The number of aromatic nitrogens is 1. The Balaban J connectivity index is 0.000000273. The van der Waals surface area contributed by atoms with Crippen molar-refractivity contribution >= 4 is 22.8 Å². The van der Waals surface area contributed by atoms with E-state index in [1.54, 1.807) is 31.5 Å². The molecule has 1 aliphatic rings. The van der Waals surface area contributed by atoms with Crippen molar-refractivity contribution in [3.05, 3.63) is 47.7 Å². The first-order valence-corrected chi connectivity index (χ1v) is 11.5. The van der Waals surface area contributed by atoms with Crippen molar-refractivity contribution in [2.45, 2.75) is 37.1 Å². The summed E-state index contributed by atoms with van der Waals surface area (Å²) in [6, 6.07) is 5.53. The number of nitrogens with one attached hydrogen (secondary N) is 2. The molecule has 6 nitrogen and oxygen atoms in total. The standard InChI is InChI=1S/C14H15F5O2.C7H9N3OS/c1-3-20-12-8(4-5-10(15)11(12)16)9-6-21-13(7(9)2)14(17,18)19;1-12(8)7-4-6(10-5-11)2-3-9-7/h4-5,7,9,13H,3,6H2,1-2H3;2-5,8H,1H3,(H,9,10,11). The van der Waals surface area contributed by atoms with Gasteiger partial charge in [-0.1, -0.05) is 23.7 Å². The van der Waals surface area contributed by atoms with Crippen LogP contribution >= 0.6 is 0 Å². The highest BCUT2D eigenvalue weighted by molar-refractivity contribution is 7.85. The number of carbonyl (C=O) groups excluding carboxylic acids is 1. The van der Waals surface area contributed by atoms with Gasteiger partial charge in [-0.25, -0.2) is 9.37 Å². The molecule has 1 fully saturated rings. The van der Waals surface area contributed by atoms with Crippen LogP contribution in [0.25, 0.3) is 0 Å². The van der Waals surface area contributed by atoms with Crippen LogP contribution in [-0.2, 0) is 20.2 Å². The van der Waals surface area contributed by atoms with Gasteiger partial charge < -0.3 is 14.8 Å². The van der Waals surface area contributed by atoms with Gasteiger partial charge in [-0.2, -0.15) is 17.6 Å². The summed E-state index contributed by atoms with van der Waals surface area (Å²) in [5, 5.41) is 3.19. The molecule has 0 spiro atoms. The summed E-state index contributed by atoms with van der Waals surface area (Å²) >= 11 is 0. The number of ether oxygens (including phenoxy) is 2. The quantitative estimate of drug-likeness (QED) is 0.435. The number of anilines is 1. The maximum Gasteiger partial charge on any atom is 0.414 e. The summed E-state index contributed by atoms with van der Waals surface area (Å²) in [4.78, 5) is 14.1. The lowest BCUT2D eigenvalue weighted by atomic mass is 9.86. The SMILES string of the molecule is CCOc1c(C2COC(C(F)(F)F)C2C)ccc(F)c1F.CS(=N)c1cc(NC=O)ccn1. The van der Waals surface area contributed by atoms with E-state index in [0.29, 0.717) is 17.1 Å². The van der Waals surface area contributed by atoms with Crippen molar-refractivity contribution in [2.24, 2.45) is 5.92 Å². The van der Waals surface area contributed by atoms with Gasteiger partial charge in [0.2, 0.25) is 12.2 Å². The van der Waals surface area contributed by atoms with E-state index in [-0.39, 0.29) is 24.5 Å². The summed E-state index contributed by atoms with van der Waals surface area (Å²) in [6.45, 7) is 2.84. The van der Waals surface area contributed by atoms with Gasteiger partial charge in [-0.3, -0.25) is 9.57 Å². The van der Waals surface area contributed by atoms with Crippen molar-refractivity contribution in [3.63, 3.8) is 0 Å². The fourth-order valence-corrected chi connectivity index (χ4v) is 3.87. The van der Waals surface area contributed by atoms with Crippen molar-refractivity contribution in [3.8, 4) is 5.75 Å². The molecular weight excluding hydrogens is 469 g/mol. The summed E-state index contributed by atoms with van der Waals surface area (Å²) in [5.41, 5.74) is 0.886. The monoisotopic (exact) mass is 493 g/mol. The third kappa shape index (κ3) is 6.70. The van der Waals surface area contributed by atoms with E-state index in [2.05, 4.69) is 10.3 Å². The summed E-state index contributed by atoms with van der Waals surface area (Å²) < 4.78 is 82.7. The summed E-state index contributed by atoms with van der Waals surface area (Å²) in [6.07, 6.45) is -2.45. The number of nitrogens with zero attached hydrogens (tertiary/aromatic N) is 1. The highest BCUT2D eigenvalue weighted by atomic mass is 32.2. The Morgan fingerprint density at radius 1 is 1.33 bits per heavy atom. The van der Waals surface area contributed by atoms with E-state index in [4.69, 9.17) is 14.3 Å². The normalized spacial score (nSPS) is 21.0. The van der Waals surface area contributed by atoms with E-state index in [1.165, 1.54) is 13.0 Å².